The fourth-order valence-electron chi connectivity index (χ4n) is 5.34. The second-order valence-corrected chi connectivity index (χ2v) is 10.4. The third kappa shape index (κ3) is 6.08. The van der Waals surface area contributed by atoms with Crippen LogP contribution in [0.4, 0.5) is 10.1 Å². The van der Waals surface area contributed by atoms with Crippen LogP contribution >= 0.6 is 0 Å². The Labute approximate surface area is 239 Å². The number of furan rings is 1. The van der Waals surface area contributed by atoms with E-state index in [1.807, 2.05) is 67.6 Å². The Balaban J connectivity index is 1.19. The van der Waals surface area contributed by atoms with E-state index in [2.05, 4.69) is 34.5 Å². The van der Waals surface area contributed by atoms with Crippen LogP contribution in [0.2, 0.25) is 0 Å². The van der Waals surface area contributed by atoms with Crippen molar-refractivity contribution in [2.45, 2.75) is 32.5 Å². The summed E-state index contributed by atoms with van der Waals surface area (Å²) in [5.41, 5.74) is 6.07. The Morgan fingerprint density at radius 2 is 1.73 bits per heavy atom. The number of carbonyl (C=O) groups is 1. The van der Waals surface area contributed by atoms with Gasteiger partial charge in [-0.2, -0.15) is 0 Å². The van der Waals surface area contributed by atoms with Gasteiger partial charge in [-0.3, -0.25) is 9.69 Å². The van der Waals surface area contributed by atoms with Gasteiger partial charge in [0.25, 0.3) is 5.91 Å². The molecule has 41 heavy (non-hydrogen) atoms. The number of ether oxygens (including phenoxy) is 1. The molecule has 5 nitrogen and oxygen atoms in total. The topological polar surface area (TPSA) is 54.7 Å². The lowest BCUT2D eigenvalue weighted by Gasteiger charge is -2.38. The Bertz CT molecular complexity index is 1650. The lowest BCUT2D eigenvalue weighted by atomic mass is 9.87. The maximum Gasteiger partial charge on any atom is 0.291 e. The molecular weight excluding hydrogens is 515 g/mol. The molecule has 0 spiro atoms. The van der Waals surface area contributed by atoms with Gasteiger partial charge < -0.3 is 14.5 Å². The SMILES string of the molecule is Cc1ccc(NC(=O)c2ccc(COc3ccc4c(c3)[C@@H](c3ccccc3)N(Cc3ccccc3F)CC4)o2)cc1. The number of nitrogens with one attached hydrogen (secondary N) is 1. The van der Waals surface area contributed by atoms with Crippen molar-refractivity contribution in [2.24, 2.45) is 0 Å². The van der Waals surface area contributed by atoms with Crippen molar-refractivity contribution in [1.29, 1.82) is 0 Å². The van der Waals surface area contributed by atoms with Gasteiger partial charge in [0.1, 0.15) is 23.9 Å². The van der Waals surface area contributed by atoms with Crippen LogP contribution in [0.25, 0.3) is 0 Å². The number of nitrogens with zero attached hydrogens (tertiary/aromatic N) is 1. The van der Waals surface area contributed by atoms with Crippen LogP contribution < -0.4 is 10.1 Å². The first-order valence-corrected chi connectivity index (χ1v) is 13.8. The Morgan fingerprint density at radius 1 is 0.951 bits per heavy atom. The highest BCUT2D eigenvalue weighted by molar-refractivity contribution is 6.02. The fourth-order valence-corrected chi connectivity index (χ4v) is 5.34. The fraction of sp³-hybridized carbons (Fsp3) is 0.171. The highest BCUT2D eigenvalue weighted by atomic mass is 19.1. The van der Waals surface area contributed by atoms with E-state index in [0.717, 1.165) is 29.7 Å². The highest BCUT2D eigenvalue weighted by Crippen LogP contribution is 2.38. The molecule has 0 radical (unpaired) electrons. The summed E-state index contributed by atoms with van der Waals surface area (Å²) in [6.45, 7) is 3.51. The first-order chi connectivity index (χ1) is 20.0. The molecule has 1 atom stereocenters. The quantitative estimate of drug-likeness (QED) is 0.217. The van der Waals surface area contributed by atoms with Crippen LogP contribution in [-0.2, 0) is 19.6 Å². The van der Waals surface area contributed by atoms with Crippen LogP contribution in [0.5, 0.6) is 5.75 Å². The number of benzene rings is 4. The van der Waals surface area contributed by atoms with Crippen molar-refractivity contribution < 1.29 is 18.3 Å². The number of halogens is 1. The van der Waals surface area contributed by atoms with E-state index in [-0.39, 0.29) is 30.1 Å². The van der Waals surface area contributed by atoms with Gasteiger partial charge in [-0.1, -0.05) is 72.3 Å². The van der Waals surface area contributed by atoms with Gasteiger partial charge in [0.05, 0.1) is 6.04 Å². The number of amides is 1. The molecule has 6 heteroatoms. The lowest BCUT2D eigenvalue weighted by molar-refractivity contribution is 0.0992. The first kappa shape index (κ1) is 26.5. The summed E-state index contributed by atoms with van der Waals surface area (Å²) in [5, 5.41) is 2.85. The highest BCUT2D eigenvalue weighted by Gasteiger charge is 2.29. The van der Waals surface area contributed by atoms with Crippen LogP contribution in [0.15, 0.2) is 114 Å². The zero-order valence-electron chi connectivity index (χ0n) is 22.8. The van der Waals surface area contributed by atoms with Gasteiger partial charge in [-0.25, -0.2) is 4.39 Å². The molecule has 206 valence electrons. The number of anilines is 1. The second kappa shape index (κ2) is 11.8. The maximum atomic E-state index is 14.6. The molecule has 4 aromatic carbocycles. The number of hydrogen-bond acceptors (Lipinski definition) is 4. The average molecular weight is 547 g/mol. The van der Waals surface area contributed by atoms with E-state index in [0.29, 0.717) is 29.3 Å². The van der Waals surface area contributed by atoms with E-state index >= 15 is 0 Å². The Morgan fingerprint density at radius 3 is 2.54 bits per heavy atom. The minimum Gasteiger partial charge on any atom is -0.486 e. The number of fused-ring (bicyclic) bond motifs is 1. The minimum atomic E-state index is -0.311. The molecule has 1 aromatic heterocycles. The summed E-state index contributed by atoms with van der Waals surface area (Å²) >= 11 is 0. The predicted molar refractivity (Wildman–Crippen MR) is 157 cm³/mol. The third-order valence-electron chi connectivity index (χ3n) is 7.47. The smallest absolute Gasteiger partial charge is 0.291 e. The molecule has 0 fully saturated rings. The van der Waals surface area contributed by atoms with Crippen molar-refractivity contribution >= 4 is 11.6 Å². The predicted octanol–water partition coefficient (Wildman–Crippen LogP) is 7.71. The van der Waals surface area contributed by atoms with Gasteiger partial charge in [0.15, 0.2) is 5.76 Å². The molecule has 1 N–H and O–H groups in total. The largest absolute Gasteiger partial charge is 0.486 e. The van der Waals surface area contributed by atoms with E-state index in [9.17, 15) is 9.18 Å². The monoisotopic (exact) mass is 546 g/mol. The summed E-state index contributed by atoms with van der Waals surface area (Å²) < 4.78 is 26.5. The third-order valence-corrected chi connectivity index (χ3v) is 7.47. The summed E-state index contributed by atoms with van der Waals surface area (Å²) in [5.74, 6) is 0.988. The van der Waals surface area contributed by atoms with Crippen molar-refractivity contribution in [1.82, 2.24) is 4.90 Å². The molecule has 5 aromatic rings. The second-order valence-electron chi connectivity index (χ2n) is 10.4. The van der Waals surface area contributed by atoms with E-state index in [1.54, 1.807) is 18.2 Å². The molecule has 6 rings (SSSR count). The summed E-state index contributed by atoms with van der Waals surface area (Å²) in [4.78, 5) is 15.0. The van der Waals surface area contributed by atoms with Crippen LogP contribution in [0.1, 0.15) is 50.2 Å². The molecular formula is C35H31FN2O3. The zero-order valence-corrected chi connectivity index (χ0v) is 22.8. The molecule has 0 unspecified atom stereocenters. The van der Waals surface area contributed by atoms with Crippen molar-refractivity contribution in [3.05, 3.63) is 154 Å². The van der Waals surface area contributed by atoms with Gasteiger partial charge in [-0.05, 0) is 72.5 Å². The maximum absolute atomic E-state index is 14.6. The van der Waals surface area contributed by atoms with Crippen LogP contribution in [0, 0.1) is 12.7 Å². The lowest BCUT2D eigenvalue weighted by Crippen LogP contribution is -2.36. The number of aryl methyl sites for hydroxylation is 1. The van der Waals surface area contributed by atoms with E-state index < -0.39 is 0 Å². The van der Waals surface area contributed by atoms with Crippen molar-refractivity contribution in [3.63, 3.8) is 0 Å². The summed E-state index contributed by atoms with van der Waals surface area (Å²) in [7, 11) is 0. The summed E-state index contributed by atoms with van der Waals surface area (Å²) in [6, 6.07) is 34.4. The normalized spacial score (nSPS) is 14.8. The van der Waals surface area contributed by atoms with Gasteiger partial charge >= 0.3 is 0 Å². The molecule has 1 aliphatic rings. The van der Waals surface area contributed by atoms with Crippen LogP contribution in [0.3, 0.4) is 0 Å². The van der Waals surface area contributed by atoms with Gasteiger partial charge in [0.2, 0.25) is 0 Å². The first-order valence-electron chi connectivity index (χ1n) is 13.8. The number of carbonyl (C=O) groups excluding carboxylic acids is 1. The molecule has 0 saturated carbocycles. The Hall–Kier alpha value is -4.68. The molecule has 0 bridgehead atoms. The van der Waals surface area contributed by atoms with Crippen LogP contribution in [-0.4, -0.2) is 17.4 Å². The molecule has 1 aliphatic heterocycles. The van der Waals surface area contributed by atoms with Crippen molar-refractivity contribution in [2.75, 3.05) is 11.9 Å². The van der Waals surface area contributed by atoms with E-state index in [1.165, 1.54) is 11.6 Å². The standard InChI is InChI=1S/C35H31FN2O3/c1-24-11-14-28(15-12-24)37-35(39)33-18-17-30(41-33)23-40-29-16-13-25-19-20-38(22-27-9-5-6-10-32(27)36)34(31(25)21-29)26-7-3-2-4-8-26/h2-18,21,34H,19-20,22-23H2,1H3,(H,37,39)/t34-/m1/s1. The van der Waals surface area contributed by atoms with Gasteiger partial charge in [-0.15, -0.1) is 0 Å². The Kier molecular flexibility index (Phi) is 7.65. The van der Waals surface area contributed by atoms with E-state index in [4.69, 9.17) is 9.15 Å². The van der Waals surface area contributed by atoms with Gasteiger partial charge in [0, 0.05) is 24.3 Å². The minimum absolute atomic E-state index is 0.0382. The zero-order chi connectivity index (χ0) is 28.2. The molecule has 0 saturated heterocycles. The average Bonchev–Trinajstić information content (AvgIpc) is 3.48. The molecule has 2 heterocycles. The molecule has 1 amide bonds. The summed E-state index contributed by atoms with van der Waals surface area (Å²) in [6.07, 6.45) is 0.866. The van der Waals surface area contributed by atoms with Crippen molar-refractivity contribution in [3.8, 4) is 5.75 Å². The number of rotatable bonds is 8. The molecule has 0 aliphatic carbocycles. The number of hydrogen-bond donors (Lipinski definition) is 1.